The molecule has 7 heteroatoms. The minimum absolute atomic E-state index is 0.0119. The van der Waals surface area contributed by atoms with Crippen LogP contribution >= 0.6 is 11.6 Å². The maximum Gasteiger partial charge on any atom is 0.186 e. The summed E-state index contributed by atoms with van der Waals surface area (Å²) in [4.78, 5) is 13.2. The first-order chi connectivity index (χ1) is 16.5. The fraction of sp³-hybridized carbons (Fsp3) is 0.571. The minimum atomic E-state index is 0.0119. The van der Waals surface area contributed by atoms with Crippen LogP contribution in [0.2, 0.25) is 5.02 Å². The Labute approximate surface area is 213 Å². The van der Waals surface area contributed by atoms with Crippen LogP contribution in [0, 0.1) is 18.3 Å². The molecule has 1 atom stereocenters. The number of carbonyl (C=O) groups excluding carboxylic acids is 1. The molecule has 2 aromatic heterocycles. The Kier molecular flexibility index (Phi) is 7.51. The number of hydrogen-bond acceptors (Lipinski definition) is 5. The maximum absolute atomic E-state index is 13.2. The van der Waals surface area contributed by atoms with E-state index >= 15 is 0 Å². The van der Waals surface area contributed by atoms with Crippen molar-refractivity contribution in [1.29, 1.82) is 0 Å². The Morgan fingerprint density at radius 2 is 1.94 bits per heavy atom. The summed E-state index contributed by atoms with van der Waals surface area (Å²) < 4.78 is 7.87. The SMILES string of the molecule is Cc1cc(Cl)ccc1CC(=O)C[C@H](CC(C)C)c1nnc(-c2cc(CC(C)(C)C)on2)n1C1CC1. The number of carbonyl (C=O) groups is 1. The highest BCUT2D eigenvalue weighted by atomic mass is 35.5. The monoisotopic (exact) mass is 496 g/mol. The van der Waals surface area contributed by atoms with Crippen LogP contribution in [0.25, 0.3) is 11.5 Å². The summed E-state index contributed by atoms with van der Waals surface area (Å²) in [6.45, 7) is 12.9. The summed E-state index contributed by atoms with van der Waals surface area (Å²) in [5.41, 5.74) is 2.91. The van der Waals surface area contributed by atoms with Crippen LogP contribution in [-0.4, -0.2) is 25.7 Å². The summed E-state index contributed by atoms with van der Waals surface area (Å²) >= 11 is 6.10. The summed E-state index contributed by atoms with van der Waals surface area (Å²) in [6.07, 6.45) is 4.72. The molecule has 0 N–H and O–H groups in total. The summed E-state index contributed by atoms with van der Waals surface area (Å²) in [5, 5.41) is 14.2. The van der Waals surface area contributed by atoms with Crippen molar-refractivity contribution in [3.8, 4) is 11.5 Å². The maximum atomic E-state index is 13.2. The minimum Gasteiger partial charge on any atom is -0.361 e. The van der Waals surface area contributed by atoms with Crippen molar-refractivity contribution in [2.45, 2.75) is 92.0 Å². The van der Waals surface area contributed by atoms with Crippen LogP contribution < -0.4 is 0 Å². The van der Waals surface area contributed by atoms with E-state index in [-0.39, 0.29) is 17.1 Å². The van der Waals surface area contributed by atoms with Gasteiger partial charge in [0.25, 0.3) is 0 Å². The lowest BCUT2D eigenvalue weighted by atomic mass is 9.89. The van der Waals surface area contributed by atoms with Crippen molar-refractivity contribution < 1.29 is 9.32 Å². The van der Waals surface area contributed by atoms with Crippen molar-refractivity contribution >= 4 is 17.4 Å². The smallest absolute Gasteiger partial charge is 0.186 e. The molecular weight excluding hydrogens is 460 g/mol. The van der Waals surface area contributed by atoms with Crippen molar-refractivity contribution in [3.63, 3.8) is 0 Å². The van der Waals surface area contributed by atoms with Gasteiger partial charge in [0.2, 0.25) is 0 Å². The van der Waals surface area contributed by atoms with Gasteiger partial charge < -0.3 is 9.09 Å². The third kappa shape index (κ3) is 6.60. The quantitative estimate of drug-likeness (QED) is 0.298. The van der Waals surface area contributed by atoms with Crippen molar-refractivity contribution in [2.75, 3.05) is 0 Å². The Morgan fingerprint density at radius 1 is 1.20 bits per heavy atom. The average Bonchev–Trinajstić information content (AvgIpc) is 3.31. The highest BCUT2D eigenvalue weighted by Gasteiger charge is 2.34. The van der Waals surface area contributed by atoms with Crippen LogP contribution in [-0.2, 0) is 17.6 Å². The van der Waals surface area contributed by atoms with E-state index in [0.29, 0.717) is 29.8 Å². The lowest BCUT2D eigenvalue weighted by Gasteiger charge is -2.20. The highest BCUT2D eigenvalue weighted by Crippen LogP contribution is 2.42. The molecule has 1 aliphatic carbocycles. The molecule has 188 valence electrons. The second kappa shape index (κ2) is 10.3. The molecule has 4 rings (SSSR count). The number of rotatable bonds is 10. The van der Waals surface area contributed by atoms with Crippen LogP contribution in [0.3, 0.4) is 0 Å². The molecule has 0 spiro atoms. The van der Waals surface area contributed by atoms with E-state index in [9.17, 15) is 4.79 Å². The van der Waals surface area contributed by atoms with E-state index in [1.807, 2.05) is 31.2 Å². The molecule has 0 amide bonds. The second-order valence-electron chi connectivity index (χ2n) is 11.7. The molecule has 35 heavy (non-hydrogen) atoms. The number of aromatic nitrogens is 4. The number of hydrogen-bond donors (Lipinski definition) is 0. The Balaban J connectivity index is 1.60. The average molecular weight is 497 g/mol. The van der Waals surface area contributed by atoms with Crippen LogP contribution in [0.1, 0.15) is 95.0 Å². The van der Waals surface area contributed by atoms with Gasteiger partial charge in [0.15, 0.2) is 11.5 Å². The molecular formula is C28H37ClN4O2. The van der Waals surface area contributed by atoms with Gasteiger partial charge in [-0.25, -0.2) is 0 Å². The largest absolute Gasteiger partial charge is 0.361 e. The number of aryl methyl sites for hydroxylation is 1. The highest BCUT2D eigenvalue weighted by molar-refractivity contribution is 6.30. The standard InChI is InChI=1S/C28H37ClN4O2/c1-17(2)11-20(14-23(34)13-19-7-8-21(29)12-18(19)3)26-30-31-27(33(26)22-9-10-22)25-15-24(35-32-25)16-28(4,5)6/h7-8,12,15,17,20,22H,9-11,13-14,16H2,1-6H3/t20-/m0/s1. The molecule has 1 fully saturated rings. The number of nitrogens with zero attached hydrogens (tertiary/aromatic N) is 4. The Bertz CT molecular complexity index is 1180. The van der Waals surface area contributed by atoms with E-state index in [1.54, 1.807) is 0 Å². The van der Waals surface area contributed by atoms with E-state index in [0.717, 1.165) is 59.9 Å². The number of benzene rings is 1. The van der Waals surface area contributed by atoms with Gasteiger partial charge in [0.05, 0.1) is 0 Å². The predicted octanol–water partition coefficient (Wildman–Crippen LogP) is 7.15. The van der Waals surface area contributed by atoms with Gasteiger partial charge in [-0.1, -0.05) is 57.4 Å². The third-order valence-corrected chi connectivity index (χ3v) is 6.65. The Hall–Kier alpha value is -2.47. The zero-order valence-electron chi connectivity index (χ0n) is 21.8. The van der Waals surface area contributed by atoms with Crippen LogP contribution in [0.15, 0.2) is 28.8 Å². The second-order valence-corrected chi connectivity index (χ2v) is 12.2. The number of halogens is 1. The van der Waals surface area contributed by atoms with Gasteiger partial charge in [-0.05, 0) is 60.8 Å². The van der Waals surface area contributed by atoms with Crippen LogP contribution in [0.4, 0.5) is 0 Å². The van der Waals surface area contributed by atoms with E-state index < -0.39 is 0 Å². The van der Waals surface area contributed by atoms with Gasteiger partial charge >= 0.3 is 0 Å². The molecule has 2 heterocycles. The summed E-state index contributed by atoms with van der Waals surface area (Å²) in [7, 11) is 0. The van der Waals surface area contributed by atoms with Crippen molar-refractivity contribution in [1.82, 2.24) is 19.9 Å². The van der Waals surface area contributed by atoms with Gasteiger partial charge in [-0.2, -0.15) is 0 Å². The molecule has 0 unspecified atom stereocenters. The first-order valence-electron chi connectivity index (χ1n) is 12.7. The molecule has 1 aromatic carbocycles. The first-order valence-corrected chi connectivity index (χ1v) is 13.1. The third-order valence-electron chi connectivity index (χ3n) is 6.41. The first kappa shape index (κ1) is 25.6. The van der Waals surface area contributed by atoms with Crippen LogP contribution in [0.5, 0.6) is 0 Å². The molecule has 0 bridgehead atoms. The van der Waals surface area contributed by atoms with E-state index in [4.69, 9.17) is 16.1 Å². The zero-order valence-corrected chi connectivity index (χ0v) is 22.5. The molecule has 1 saturated carbocycles. The van der Waals surface area contributed by atoms with Gasteiger partial charge in [0, 0.05) is 42.3 Å². The molecule has 3 aromatic rings. The number of ketones is 1. The van der Waals surface area contributed by atoms with Gasteiger partial charge in [-0.3, -0.25) is 4.79 Å². The van der Waals surface area contributed by atoms with Crippen molar-refractivity contribution in [2.24, 2.45) is 11.3 Å². The van der Waals surface area contributed by atoms with E-state index in [2.05, 4.69) is 54.5 Å². The fourth-order valence-electron chi connectivity index (χ4n) is 4.74. The normalized spacial score (nSPS) is 15.1. The fourth-order valence-corrected chi connectivity index (χ4v) is 4.97. The number of Topliss-reactive ketones (excluding diaryl/α,β-unsaturated/α-hetero) is 1. The predicted molar refractivity (Wildman–Crippen MR) is 139 cm³/mol. The summed E-state index contributed by atoms with van der Waals surface area (Å²) in [5.74, 6) is 3.16. The molecule has 0 saturated heterocycles. The molecule has 0 radical (unpaired) electrons. The van der Waals surface area contributed by atoms with Crippen molar-refractivity contribution in [3.05, 3.63) is 52.0 Å². The molecule has 6 nitrogen and oxygen atoms in total. The zero-order chi connectivity index (χ0) is 25.3. The lowest BCUT2D eigenvalue weighted by Crippen LogP contribution is -2.17. The summed E-state index contributed by atoms with van der Waals surface area (Å²) in [6, 6.07) is 8.07. The molecule has 1 aliphatic rings. The van der Waals surface area contributed by atoms with Gasteiger partial charge in [-0.15, -0.1) is 10.2 Å². The Morgan fingerprint density at radius 3 is 2.57 bits per heavy atom. The lowest BCUT2D eigenvalue weighted by molar-refractivity contribution is -0.118. The molecule has 0 aliphatic heterocycles. The van der Waals surface area contributed by atoms with E-state index in [1.165, 1.54) is 0 Å². The topological polar surface area (TPSA) is 73.8 Å². The van der Waals surface area contributed by atoms with Gasteiger partial charge in [0.1, 0.15) is 17.4 Å².